The van der Waals surface area contributed by atoms with Crippen molar-refractivity contribution in [3.8, 4) is 0 Å². The maximum absolute atomic E-state index is 12.7. The Bertz CT molecular complexity index is 621. The molecule has 0 aliphatic rings. The number of allylic oxidation sites excluding steroid dienone is 3. The number of benzene rings is 1. The topological polar surface area (TPSA) is 38.4 Å². The molecule has 0 fully saturated rings. The van der Waals surface area contributed by atoms with E-state index in [1.807, 2.05) is 47.8 Å². The van der Waals surface area contributed by atoms with Crippen LogP contribution in [0.3, 0.4) is 0 Å². The molecule has 2 N–H and O–H groups in total. The van der Waals surface area contributed by atoms with Crippen LogP contribution in [0.1, 0.15) is 106 Å². The molecule has 0 saturated heterocycles. The minimum absolute atomic E-state index is 0.153. The maximum atomic E-state index is 12.7. The van der Waals surface area contributed by atoms with Crippen LogP contribution >= 0.6 is 0 Å². The molecule has 3 heteroatoms. The summed E-state index contributed by atoms with van der Waals surface area (Å²) in [5.41, 5.74) is 8.43. The smallest absolute Gasteiger partial charge is 0.123 e. The Kier molecular flexibility index (Phi) is 25.6. The second kappa shape index (κ2) is 23.7. The molecule has 0 radical (unpaired) electrons. The fraction of sp³-hybridized carbons (Fsp3) is 0.552. The fourth-order valence-corrected chi connectivity index (χ4v) is 2.09. The normalized spacial score (nSPS) is 12.6. The van der Waals surface area contributed by atoms with E-state index in [0.717, 1.165) is 29.7 Å². The minimum Gasteiger partial charge on any atom is -0.322 e. The highest BCUT2D eigenvalue weighted by atomic mass is 19.1. The van der Waals surface area contributed by atoms with Gasteiger partial charge in [-0.3, -0.25) is 4.99 Å². The van der Waals surface area contributed by atoms with Crippen LogP contribution in [-0.2, 0) is 0 Å². The predicted molar refractivity (Wildman–Crippen MR) is 147 cm³/mol. The zero-order valence-electron chi connectivity index (χ0n) is 22.3. The Labute approximate surface area is 199 Å². The van der Waals surface area contributed by atoms with Gasteiger partial charge in [0.1, 0.15) is 5.82 Å². The molecule has 184 valence electrons. The largest absolute Gasteiger partial charge is 0.322 e. The Balaban J connectivity index is -0.000000439. The van der Waals surface area contributed by atoms with Gasteiger partial charge in [-0.15, -0.1) is 13.2 Å². The van der Waals surface area contributed by atoms with Crippen molar-refractivity contribution in [2.24, 2.45) is 10.7 Å². The number of unbranched alkanes of at least 4 members (excludes halogenated alkanes) is 4. The lowest BCUT2D eigenvalue weighted by Gasteiger charge is -2.15. The van der Waals surface area contributed by atoms with Crippen LogP contribution in [0, 0.1) is 5.82 Å². The summed E-state index contributed by atoms with van der Waals surface area (Å²) in [6.45, 7) is 23.6. The molecule has 1 aromatic carbocycles. The van der Waals surface area contributed by atoms with Gasteiger partial charge in [-0.2, -0.15) is 0 Å². The van der Waals surface area contributed by atoms with Gasteiger partial charge in [-0.05, 0) is 50.5 Å². The summed E-state index contributed by atoms with van der Waals surface area (Å²) in [4.78, 5) is 4.30. The first-order valence-corrected chi connectivity index (χ1v) is 12.2. The highest BCUT2D eigenvalue weighted by Crippen LogP contribution is 2.18. The lowest BCUT2D eigenvalue weighted by atomic mass is 10.0. The van der Waals surface area contributed by atoms with Crippen molar-refractivity contribution < 1.29 is 4.39 Å². The number of aliphatic imine (C=N–C) groups is 1. The van der Waals surface area contributed by atoms with Gasteiger partial charge in [0, 0.05) is 23.9 Å². The quantitative estimate of drug-likeness (QED) is 0.217. The molecule has 0 spiro atoms. The average Bonchev–Trinajstić information content (AvgIpc) is 2.81. The monoisotopic (exact) mass is 446 g/mol. The molecular formula is C29H51FN2. The number of nitrogens with zero attached hydrogens (tertiary/aromatic N) is 1. The predicted octanol–water partition coefficient (Wildman–Crippen LogP) is 9.53. The minimum atomic E-state index is -0.218. The van der Waals surface area contributed by atoms with Gasteiger partial charge in [-0.25, -0.2) is 4.39 Å². The highest BCUT2D eigenvalue weighted by molar-refractivity contribution is 5.69. The third-order valence-corrected chi connectivity index (χ3v) is 4.81. The first-order valence-electron chi connectivity index (χ1n) is 12.2. The molecule has 2 nitrogen and oxygen atoms in total. The van der Waals surface area contributed by atoms with Crippen molar-refractivity contribution >= 4 is 11.8 Å². The molecule has 1 aromatic rings. The highest BCUT2D eigenvalue weighted by Gasteiger charge is 2.07. The van der Waals surface area contributed by atoms with Gasteiger partial charge < -0.3 is 5.73 Å². The van der Waals surface area contributed by atoms with Gasteiger partial charge in [0.2, 0.25) is 0 Å². The van der Waals surface area contributed by atoms with E-state index in [4.69, 9.17) is 5.73 Å². The van der Waals surface area contributed by atoms with Crippen molar-refractivity contribution in [2.75, 3.05) is 0 Å². The Morgan fingerprint density at radius 1 is 1.00 bits per heavy atom. The third kappa shape index (κ3) is 21.2. The average molecular weight is 447 g/mol. The molecular weight excluding hydrogens is 395 g/mol. The summed E-state index contributed by atoms with van der Waals surface area (Å²) < 4.78 is 12.7. The van der Waals surface area contributed by atoms with E-state index >= 15 is 0 Å². The molecule has 32 heavy (non-hydrogen) atoms. The van der Waals surface area contributed by atoms with Crippen LogP contribution in [-0.4, -0.2) is 11.8 Å². The standard InChI is InChI=1S/C14H16FN.C7H16.C6H13N.C2H6/c1-4-5-10-16-12(3)11(2)13-6-8-14(15)9-7-13;1-3-5-7-6-4-2;1-4-6(3,7)5-2;1-2/h4,6-10H,1,5H2,2-3H3;3-7H2,1-2H3;4H,1,5,7H2,2-3H3;1-2H3/b12-11+,16-10?;;;. The van der Waals surface area contributed by atoms with Crippen molar-refractivity contribution in [3.63, 3.8) is 0 Å². The summed E-state index contributed by atoms with van der Waals surface area (Å²) in [6, 6.07) is 6.44. The molecule has 1 unspecified atom stereocenters. The van der Waals surface area contributed by atoms with Crippen LogP contribution in [0.5, 0.6) is 0 Å². The molecule has 0 aliphatic carbocycles. The molecule has 0 aromatic heterocycles. The van der Waals surface area contributed by atoms with Crippen molar-refractivity contribution in [1.82, 2.24) is 0 Å². The van der Waals surface area contributed by atoms with E-state index in [0.29, 0.717) is 0 Å². The Morgan fingerprint density at radius 3 is 1.84 bits per heavy atom. The van der Waals surface area contributed by atoms with Gasteiger partial charge >= 0.3 is 0 Å². The van der Waals surface area contributed by atoms with Gasteiger partial charge in [-0.1, -0.05) is 91.0 Å². The molecule has 0 amide bonds. The first kappa shape index (κ1) is 34.6. The lowest BCUT2D eigenvalue weighted by molar-refractivity contribution is 0.565. The van der Waals surface area contributed by atoms with Crippen LogP contribution < -0.4 is 5.73 Å². The summed E-state index contributed by atoms with van der Waals surface area (Å²) >= 11 is 0. The van der Waals surface area contributed by atoms with Crippen LogP contribution in [0.25, 0.3) is 5.57 Å². The van der Waals surface area contributed by atoms with E-state index in [9.17, 15) is 4.39 Å². The van der Waals surface area contributed by atoms with E-state index in [1.54, 1.807) is 24.3 Å². The van der Waals surface area contributed by atoms with E-state index in [-0.39, 0.29) is 11.4 Å². The number of rotatable bonds is 10. The summed E-state index contributed by atoms with van der Waals surface area (Å²) in [5, 5.41) is 0. The van der Waals surface area contributed by atoms with Crippen molar-refractivity contribution in [3.05, 3.63) is 66.7 Å². The molecule has 0 saturated carbocycles. The number of hydrogen-bond acceptors (Lipinski definition) is 2. The molecule has 0 heterocycles. The van der Waals surface area contributed by atoms with Gasteiger partial charge in [0.05, 0.1) is 0 Å². The second-order valence-corrected chi connectivity index (χ2v) is 7.68. The van der Waals surface area contributed by atoms with Crippen LogP contribution in [0.2, 0.25) is 0 Å². The Hall–Kier alpha value is -2.00. The molecule has 0 bridgehead atoms. The number of hydrogen-bond donors (Lipinski definition) is 1. The van der Waals surface area contributed by atoms with Crippen molar-refractivity contribution in [1.29, 1.82) is 0 Å². The third-order valence-electron chi connectivity index (χ3n) is 4.81. The summed E-state index contributed by atoms with van der Waals surface area (Å²) in [7, 11) is 0. The van der Waals surface area contributed by atoms with E-state index in [1.165, 1.54) is 44.2 Å². The van der Waals surface area contributed by atoms with Crippen molar-refractivity contribution in [2.45, 2.75) is 106 Å². The van der Waals surface area contributed by atoms with E-state index < -0.39 is 0 Å². The fourth-order valence-electron chi connectivity index (χ4n) is 2.09. The van der Waals surface area contributed by atoms with E-state index in [2.05, 4.69) is 32.0 Å². The maximum Gasteiger partial charge on any atom is 0.123 e. The number of halogens is 1. The van der Waals surface area contributed by atoms with Crippen LogP contribution in [0.4, 0.5) is 4.39 Å². The van der Waals surface area contributed by atoms with Gasteiger partial charge in [0.25, 0.3) is 0 Å². The SMILES string of the molecule is C=CC(C)(N)CC.C=CCC=N/C(C)=C(\C)c1ccc(F)cc1.CC.CCCCCCC. The van der Waals surface area contributed by atoms with Crippen LogP contribution in [0.15, 0.2) is 60.3 Å². The molecule has 0 aliphatic heterocycles. The molecule has 1 atom stereocenters. The zero-order valence-corrected chi connectivity index (χ0v) is 22.3. The Morgan fingerprint density at radius 2 is 1.50 bits per heavy atom. The molecule has 1 rings (SSSR count). The lowest BCUT2D eigenvalue weighted by Crippen LogP contribution is -2.31. The zero-order chi connectivity index (χ0) is 25.4. The van der Waals surface area contributed by atoms with Gasteiger partial charge in [0.15, 0.2) is 0 Å². The first-order chi connectivity index (χ1) is 15.2. The summed E-state index contributed by atoms with van der Waals surface area (Å²) in [6.07, 6.45) is 14.1. The second-order valence-electron chi connectivity index (χ2n) is 7.68. The number of nitrogens with two attached hydrogens (primary N) is 1. The summed E-state index contributed by atoms with van der Waals surface area (Å²) in [5.74, 6) is -0.218.